The summed E-state index contributed by atoms with van der Waals surface area (Å²) >= 11 is 0. The highest BCUT2D eigenvalue weighted by molar-refractivity contribution is 6.04. The van der Waals surface area contributed by atoms with Gasteiger partial charge in [0.1, 0.15) is 6.04 Å². The quantitative estimate of drug-likeness (QED) is 0.717. The highest BCUT2D eigenvalue weighted by atomic mass is 16.2. The molecule has 0 fully saturated rings. The fourth-order valence-corrected chi connectivity index (χ4v) is 1.65. The Bertz CT molecular complexity index is 278. The van der Waals surface area contributed by atoms with Gasteiger partial charge in [-0.05, 0) is 27.2 Å². The van der Waals surface area contributed by atoms with E-state index in [0.717, 1.165) is 12.8 Å². The summed E-state index contributed by atoms with van der Waals surface area (Å²) in [6.07, 6.45) is 4.27. The third kappa shape index (κ3) is 4.21. The van der Waals surface area contributed by atoms with Crippen molar-refractivity contribution in [3.63, 3.8) is 0 Å². The monoisotopic (exact) mass is 225 g/mol. The molecule has 2 N–H and O–H groups in total. The number of rotatable bonds is 4. The van der Waals surface area contributed by atoms with Gasteiger partial charge >= 0.3 is 0 Å². The van der Waals surface area contributed by atoms with Gasteiger partial charge in [0.05, 0.1) is 0 Å². The molecule has 0 radical (unpaired) electrons. The molecule has 1 atom stereocenters. The van der Waals surface area contributed by atoms with E-state index in [4.69, 9.17) is 0 Å². The number of amides is 1. The third-order valence-electron chi connectivity index (χ3n) is 2.40. The highest BCUT2D eigenvalue weighted by Gasteiger charge is 2.27. The Morgan fingerprint density at radius 3 is 2.62 bits per heavy atom. The zero-order valence-corrected chi connectivity index (χ0v) is 10.8. The zero-order valence-electron chi connectivity index (χ0n) is 10.8. The number of nitrogens with zero attached hydrogens (tertiary/aromatic N) is 1. The lowest BCUT2D eigenvalue weighted by atomic mass is 10.1. The Morgan fingerprint density at radius 2 is 2.06 bits per heavy atom. The van der Waals surface area contributed by atoms with Crippen LogP contribution in [-0.2, 0) is 4.79 Å². The summed E-state index contributed by atoms with van der Waals surface area (Å²) < 4.78 is 0. The summed E-state index contributed by atoms with van der Waals surface area (Å²) in [5.41, 5.74) is -0.0651. The zero-order chi connectivity index (χ0) is 12.2. The van der Waals surface area contributed by atoms with Crippen molar-refractivity contribution in [2.45, 2.75) is 65.0 Å². The van der Waals surface area contributed by atoms with Crippen molar-refractivity contribution in [1.82, 2.24) is 10.6 Å². The Hall–Kier alpha value is -1.06. The van der Waals surface area contributed by atoms with Crippen molar-refractivity contribution < 1.29 is 4.79 Å². The summed E-state index contributed by atoms with van der Waals surface area (Å²) in [5, 5.41) is 5.97. The van der Waals surface area contributed by atoms with Crippen LogP contribution in [0.4, 0.5) is 0 Å². The van der Waals surface area contributed by atoms with Crippen LogP contribution in [0.2, 0.25) is 0 Å². The molecule has 0 saturated carbocycles. The first kappa shape index (κ1) is 13.0. The van der Waals surface area contributed by atoms with E-state index in [1.165, 1.54) is 12.8 Å². The predicted octanol–water partition coefficient (Wildman–Crippen LogP) is 1.81. The minimum absolute atomic E-state index is 0.0304. The maximum Gasteiger partial charge on any atom is 0.251 e. The summed E-state index contributed by atoms with van der Waals surface area (Å²) in [6, 6.07) is -0.184. The van der Waals surface area contributed by atoms with Crippen LogP contribution in [0.25, 0.3) is 0 Å². The van der Waals surface area contributed by atoms with E-state index >= 15 is 0 Å². The Morgan fingerprint density at radius 1 is 1.38 bits per heavy atom. The van der Waals surface area contributed by atoms with Crippen molar-refractivity contribution in [1.29, 1.82) is 0 Å². The normalized spacial score (nSPS) is 20.6. The van der Waals surface area contributed by atoms with Gasteiger partial charge in [0.15, 0.2) is 5.96 Å². The van der Waals surface area contributed by atoms with Gasteiger partial charge in [-0.2, -0.15) is 0 Å². The molecular weight excluding hydrogens is 202 g/mol. The maximum atomic E-state index is 11.6. The second-order valence-electron chi connectivity index (χ2n) is 5.35. The van der Waals surface area contributed by atoms with E-state index in [1.54, 1.807) is 0 Å². The van der Waals surface area contributed by atoms with Crippen molar-refractivity contribution in [2.75, 3.05) is 0 Å². The van der Waals surface area contributed by atoms with Gasteiger partial charge < -0.3 is 5.32 Å². The molecule has 16 heavy (non-hydrogen) atoms. The lowest BCUT2D eigenvalue weighted by Gasteiger charge is -2.21. The Balaban J connectivity index is 2.45. The third-order valence-corrected chi connectivity index (χ3v) is 2.40. The molecule has 1 aliphatic rings. The van der Waals surface area contributed by atoms with Crippen LogP contribution in [0, 0.1) is 0 Å². The molecule has 0 aromatic rings. The lowest BCUT2D eigenvalue weighted by molar-refractivity contribution is -0.120. The fraction of sp³-hybridized carbons (Fsp3) is 0.833. The minimum Gasteiger partial charge on any atom is -0.351 e. The molecule has 4 heteroatoms. The van der Waals surface area contributed by atoms with E-state index in [2.05, 4.69) is 22.5 Å². The van der Waals surface area contributed by atoms with Crippen LogP contribution < -0.4 is 10.6 Å². The standard InChI is InChI=1S/C12H23N3O/c1-5-6-7-8-9-10(16)14-11(13-9)15-12(2,3)4/h9H,5-8H2,1-4H3,(H2,13,14,15,16). The van der Waals surface area contributed by atoms with Crippen molar-refractivity contribution in [3.05, 3.63) is 0 Å². The predicted molar refractivity (Wildman–Crippen MR) is 66.4 cm³/mol. The molecule has 0 saturated heterocycles. The van der Waals surface area contributed by atoms with Crippen LogP contribution in [-0.4, -0.2) is 23.4 Å². The number of unbranched alkanes of at least 4 members (excludes halogenated alkanes) is 2. The molecule has 1 heterocycles. The first-order valence-corrected chi connectivity index (χ1v) is 6.09. The SMILES string of the molecule is CCCCCC1N=C(NC(C)(C)C)NC1=O. The van der Waals surface area contributed by atoms with Gasteiger partial charge in [0.25, 0.3) is 5.91 Å². The maximum absolute atomic E-state index is 11.6. The molecule has 0 aromatic heterocycles. The van der Waals surface area contributed by atoms with Crippen molar-refractivity contribution in [3.8, 4) is 0 Å². The number of hydrogen-bond donors (Lipinski definition) is 2. The van der Waals surface area contributed by atoms with Gasteiger partial charge in [-0.25, -0.2) is 4.99 Å². The number of nitrogens with one attached hydrogen (secondary N) is 2. The number of aliphatic imine (C=N–C) groups is 1. The van der Waals surface area contributed by atoms with Gasteiger partial charge in [-0.3, -0.25) is 10.1 Å². The first-order chi connectivity index (χ1) is 7.42. The lowest BCUT2D eigenvalue weighted by Crippen LogP contribution is -2.46. The van der Waals surface area contributed by atoms with Gasteiger partial charge in [0, 0.05) is 5.54 Å². The molecule has 0 aliphatic carbocycles. The summed E-state index contributed by atoms with van der Waals surface area (Å²) in [6.45, 7) is 8.30. The summed E-state index contributed by atoms with van der Waals surface area (Å²) in [5.74, 6) is 0.654. The number of carbonyl (C=O) groups excluding carboxylic acids is 1. The van der Waals surface area contributed by atoms with Crippen LogP contribution >= 0.6 is 0 Å². The van der Waals surface area contributed by atoms with Gasteiger partial charge in [0.2, 0.25) is 0 Å². The average molecular weight is 225 g/mol. The second kappa shape index (κ2) is 5.32. The van der Waals surface area contributed by atoms with Gasteiger partial charge in [-0.15, -0.1) is 0 Å². The molecule has 1 amide bonds. The highest BCUT2D eigenvalue weighted by Crippen LogP contribution is 2.11. The smallest absolute Gasteiger partial charge is 0.251 e. The molecule has 1 rings (SSSR count). The summed E-state index contributed by atoms with van der Waals surface area (Å²) in [7, 11) is 0. The largest absolute Gasteiger partial charge is 0.351 e. The number of carbonyl (C=O) groups is 1. The molecule has 4 nitrogen and oxygen atoms in total. The molecule has 0 aromatic carbocycles. The van der Waals surface area contributed by atoms with Crippen LogP contribution in [0.3, 0.4) is 0 Å². The van der Waals surface area contributed by atoms with Gasteiger partial charge in [-0.1, -0.05) is 26.2 Å². The van der Waals surface area contributed by atoms with Crippen LogP contribution in [0.1, 0.15) is 53.4 Å². The van der Waals surface area contributed by atoms with Crippen LogP contribution in [0.15, 0.2) is 4.99 Å². The molecular formula is C12H23N3O. The summed E-state index contributed by atoms with van der Waals surface area (Å²) in [4.78, 5) is 16.0. The van der Waals surface area contributed by atoms with E-state index in [9.17, 15) is 4.79 Å². The van der Waals surface area contributed by atoms with E-state index in [0.29, 0.717) is 5.96 Å². The number of hydrogen-bond acceptors (Lipinski definition) is 3. The topological polar surface area (TPSA) is 53.5 Å². The van der Waals surface area contributed by atoms with E-state index in [-0.39, 0.29) is 17.5 Å². The molecule has 0 bridgehead atoms. The molecule has 92 valence electrons. The Kier molecular flexibility index (Phi) is 4.33. The molecule has 0 spiro atoms. The average Bonchev–Trinajstić information content (AvgIpc) is 2.44. The van der Waals surface area contributed by atoms with E-state index < -0.39 is 0 Å². The van der Waals surface area contributed by atoms with E-state index in [1.807, 2.05) is 20.8 Å². The van der Waals surface area contributed by atoms with Crippen molar-refractivity contribution >= 4 is 11.9 Å². The first-order valence-electron chi connectivity index (χ1n) is 6.09. The second-order valence-corrected chi connectivity index (χ2v) is 5.35. The minimum atomic E-state index is -0.184. The molecule has 1 unspecified atom stereocenters. The van der Waals surface area contributed by atoms with Crippen molar-refractivity contribution in [2.24, 2.45) is 4.99 Å². The van der Waals surface area contributed by atoms with Crippen LogP contribution in [0.5, 0.6) is 0 Å². The molecule has 1 aliphatic heterocycles. The fourth-order valence-electron chi connectivity index (χ4n) is 1.65. The Labute approximate surface area is 97.9 Å². The number of guanidine groups is 1.